The highest BCUT2D eigenvalue weighted by Crippen LogP contribution is 2.24. The van der Waals surface area contributed by atoms with Crippen LogP contribution in [-0.2, 0) is 17.9 Å². The van der Waals surface area contributed by atoms with Gasteiger partial charge in [-0.2, -0.15) is 5.10 Å². The fourth-order valence-corrected chi connectivity index (χ4v) is 4.00. The Bertz CT molecular complexity index is 1110. The standard InChI is InChI=1S/C19H22ClN5O2S/c1-5-24-18(27)17-16(12(4)23-25(17)6-2)22-19(24)28-10-15(26)21-14-9-7-8-13(20)11(14)3/h7-9H,5-6,10H2,1-4H3,(H,21,26). The number of benzene rings is 1. The summed E-state index contributed by atoms with van der Waals surface area (Å²) in [5.74, 6) is -0.0569. The van der Waals surface area contributed by atoms with E-state index in [1.165, 1.54) is 11.8 Å². The van der Waals surface area contributed by atoms with Gasteiger partial charge >= 0.3 is 0 Å². The van der Waals surface area contributed by atoms with E-state index in [1.54, 1.807) is 27.4 Å². The summed E-state index contributed by atoms with van der Waals surface area (Å²) in [5.41, 5.74) is 3.15. The SMILES string of the molecule is CCn1c(SCC(=O)Nc2cccc(Cl)c2C)nc2c(C)nn(CC)c2c1=O. The van der Waals surface area contributed by atoms with Crippen LogP contribution in [0.4, 0.5) is 5.69 Å². The summed E-state index contributed by atoms with van der Waals surface area (Å²) in [6.07, 6.45) is 0. The minimum Gasteiger partial charge on any atom is -0.325 e. The van der Waals surface area contributed by atoms with Crippen molar-refractivity contribution in [2.24, 2.45) is 0 Å². The molecule has 0 bridgehead atoms. The van der Waals surface area contributed by atoms with E-state index in [1.807, 2.05) is 27.7 Å². The molecule has 0 spiro atoms. The van der Waals surface area contributed by atoms with Crippen LogP contribution in [-0.4, -0.2) is 31.0 Å². The van der Waals surface area contributed by atoms with Crippen molar-refractivity contribution in [2.45, 2.75) is 45.9 Å². The summed E-state index contributed by atoms with van der Waals surface area (Å²) in [5, 5.41) is 8.36. The van der Waals surface area contributed by atoms with E-state index in [9.17, 15) is 9.59 Å². The topological polar surface area (TPSA) is 81.8 Å². The average Bonchev–Trinajstić information content (AvgIpc) is 3.00. The Labute approximate surface area is 172 Å². The predicted molar refractivity (Wildman–Crippen MR) is 113 cm³/mol. The van der Waals surface area contributed by atoms with Gasteiger partial charge in [-0.15, -0.1) is 0 Å². The van der Waals surface area contributed by atoms with Gasteiger partial charge in [-0.25, -0.2) is 4.98 Å². The van der Waals surface area contributed by atoms with Crippen LogP contribution in [0.15, 0.2) is 28.2 Å². The Hall–Kier alpha value is -2.32. The smallest absolute Gasteiger partial charge is 0.280 e. The molecule has 0 aliphatic rings. The lowest BCUT2D eigenvalue weighted by molar-refractivity contribution is -0.113. The lowest BCUT2D eigenvalue weighted by atomic mass is 10.2. The summed E-state index contributed by atoms with van der Waals surface area (Å²) in [6.45, 7) is 8.57. The molecule has 3 aromatic rings. The molecule has 0 aliphatic carbocycles. The Balaban J connectivity index is 1.86. The number of hydrogen-bond acceptors (Lipinski definition) is 5. The van der Waals surface area contributed by atoms with Gasteiger partial charge in [0.2, 0.25) is 5.91 Å². The van der Waals surface area contributed by atoms with E-state index >= 15 is 0 Å². The summed E-state index contributed by atoms with van der Waals surface area (Å²) in [4.78, 5) is 30.0. The number of rotatable bonds is 6. The molecule has 0 atom stereocenters. The van der Waals surface area contributed by atoms with Crippen molar-refractivity contribution >= 4 is 46.0 Å². The first-order valence-corrected chi connectivity index (χ1v) is 10.4. The number of hydrogen-bond donors (Lipinski definition) is 1. The van der Waals surface area contributed by atoms with E-state index < -0.39 is 0 Å². The number of halogens is 1. The third-order valence-corrected chi connectivity index (χ3v) is 5.86. The van der Waals surface area contributed by atoms with Crippen LogP contribution in [0.25, 0.3) is 11.0 Å². The van der Waals surface area contributed by atoms with Crippen molar-refractivity contribution in [3.05, 3.63) is 44.8 Å². The summed E-state index contributed by atoms with van der Waals surface area (Å²) in [7, 11) is 0. The molecular formula is C19H22ClN5O2S. The highest BCUT2D eigenvalue weighted by Gasteiger charge is 2.18. The molecule has 9 heteroatoms. The molecule has 0 saturated carbocycles. The second-order valence-electron chi connectivity index (χ2n) is 6.29. The molecule has 0 fully saturated rings. The van der Waals surface area contributed by atoms with Crippen molar-refractivity contribution in [1.82, 2.24) is 19.3 Å². The van der Waals surface area contributed by atoms with Crippen LogP contribution in [0.2, 0.25) is 5.02 Å². The molecule has 1 aromatic carbocycles. The first kappa shape index (κ1) is 20.4. The van der Waals surface area contributed by atoms with Crippen molar-refractivity contribution < 1.29 is 4.79 Å². The normalized spacial score (nSPS) is 11.2. The molecule has 0 aliphatic heterocycles. The maximum absolute atomic E-state index is 12.9. The molecule has 1 amide bonds. The fourth-order valence-electron chi connectivity index (χ4n) is 2.97. The maximum atomic E-state index is 12.9. The van der Waals surface area contributed by atoms with Crippen LogP contribution in [0.5, 0.6) is 0 Å². The van der Waals surface area contributed by atoms with E-state index in [0.29, 0.717) is 45.7 Å². The van der Waals surface area contributed by atoms with Crippen molar-refractivity contribution in [2.75, 3.05) is 11.1 Å². The Kier molecular flexibility index (Phi) is 6.10. The van der Waals surface area contributed by atoms with Crippen LogP contribution in [0.3, 0.4) is 0 Å². The molecule has 1 N–H and O–H groups in total. The second kappa shape index (κ2) is 8.36. The third kappa shape index (κ3) is 3.79. The first-order valence-electron chi connectivity index (χ1n) is 9.03. The lowest BCUT2D eigenvalue weighted by Gasteiger charge is -2.12. The number of carbonyl (C=O) groups excluding carboxylic acids is 1. The number of thioether (sulfide) groups is 1. The zero-order valence-corrected chi connectivity index (χ0v) is 17.8. The fraction of sp³-hybridized carbons (Fsp3) is 0.368. The summed E-state index contributed by atoms with van der Waals surface area (Å²) in [6, 6.07) is 5.37. The zero-order chi connectivity index (χ0) is 20.4. The van der Waals surface area contributed by atoms with Crippen molar-refractivity contribution in [3.63, 3.8) is 0 Å². The first-order chi connectivity index (χ1) is 13.4. The molecule has 0 saturated heterocycles. The number of fused-ring (bicyclic) bond motifs is 1. The van der Waals surface area contributed by atoms with Gasteiger partial charge in [-0.05, 0) is 45.4 Å². The van der Waals surface area contributed by atoms with E-state index in [-0.39, 0.29) is 17.2 Å². The second-order valence-corrected chi connectivity index (χ2v) is 7.64. The number of amides is 1. The summed E-state index contributed by atoms with van der Waals surface area (Å²) >= 11 is 7.33. The minimum atomic E-state index is -0.187. The van der Waals surface area contributed by atoms with E-state index in [0.717, 1.165) is 5.56 Å². The Morgan fingerprint density at radius 3 is 2.68 bits per heavy atom. The molecule has 28 heavy (non-hydrogen) atoms. The zero-order valence-electron chi connectivity index (χ0n) is 16.2. The van der Waals surface area contributed by atoms with Crippen molar-refractivity contribution in [1.29, 1.82) is 0 Å². The highest BCUT2D eigenvalue weighted by atomic mass is 35.5. The number of nitrogens with one attached hydrogen (secondary N) is 1. The number of nitrogens with zero attached hydrogens (tertiary/aromatic N) is 4. The molecule has 7 nitrogen and oxygen atoms in total. The third-order valence-electron chi connectivity index (χ3n) is 4.47. The molecule has 0 unspecified atom stereocenters. The van der Waals surface area contributed by atoms with Crippen LogP contribution in [0, 0.1) is 13.8 Å². The lowest BCUT2D eigenvalue weighted by Crippen LogP contribution is -2.25. The average molecular weight is 420 g/mol. The van der Waals surface area contributed by atoms with Gasteiger partial charge in [0.1, 0.15) is 5.52 Å². The van der Waals surface area contributed by atoms with Gasteiger partial charge in [-0.1, -0.05) is 29.4 Å². The van der Waals surface area contributed by atoms with Gasteiger partial charge in [0.15, 0.2) is 10.7 Å². The molecule has 2 aromatic heterocycles. The van der Waals surface area contributed by atoms with E-state index in [2.05, 4.69) is 15.4 Å². The molecular weight excluding hydrogens is 398 g/mol. The summed E-state index contributed by atoms with van der Waals surface area (Å²) < 4.78 is 3.26. The van der Waals surface area contributed by atoms with Gasteiger partial charge < -0.3 is 5.32 Å². The van der Waals surface area contributed by atoms with Crippen LogP contribution in [0.1, 0.15) is 25.1 Å². The number of aryl methyl sites for hydroxylation is 2. The Morgan fingerprint density at radius 2 is 2.00 bits per heavy atom. The maximum Gasteiger partial charge on any atom is 0.280 e. The monoisotopic (exact) mass is 419 g/mol. The van der Waals surface area contributed by atoms with Crippen LogP contribution >= 0.6 is 23.4 Å². The minimum absolute atomic E-state index is 0.130. The van der Waals surface area contributed by atoms with E-state index in [4.69, 9.17) is 11.6 Å². The van der Waals surface area contributed by atoms with Gasteiger partial charge in [0.05, 0.1) is 11.4 Å². The molecule has 2 heterocycles. The molecule has 3 rings (SSSR count). The van der Waals surface area contributed by atoms with Crippen LogP contribution < -0.4 is 10.9 Å². The predicted octanol–water partition coefficient (Wildman–Crippen LogP) is 3.63. The highest BCUT2D eigenvalue weighted by molar-refractivity contribution is 7.99. The number of anilines is 1. The molecule has 148 valence electrons. The van der Waals surface area contributed by atoms with Gasteiger partial charge in [0, 0.05) is 23.8 Å². The largest absolute Gasteiger partial charge is 0.325 e. The number of aromatic nitrogens is 4. The van der Waals surface area contributed by atoms with Gasteiger partial charge in [-0.3, -0.25) is 18.8 Å². The van der Waals surface area contributed by atoms with Crippen molar-refractivity contribution in [3.8, 4) is 0 Å². The Morgan fingerprint density at radius 1 is 1.25 bits per heavy atom. The number of carbonyl (C=O) groups is 1. The van der Waals surface area contributed by atoms with Gasteiger partial charge in [0.25, 0.3) is 5.56 Å². The quantitative estimate of drug-likeness (QED) is 0.487. The molecule has 0 radical (unpaired) electrons.